The zero-order valence-corrected chi connectivity index (χ0v) is 18.7. The summed E-state index contributed by atoms with van der Waals surface area (Å²) < 4.78 is 40.7. The molecule has 3 aliphatic heterocycles. The van der Waals surface area contributed by atoms with Crippen LogP contribution in [0.3, 0.4) is 0 Å². The van der Waals surface area contributed by atoms with Crippen LogP contribution in [0.2, 0.25) is 0 Å². The highest BCUT2D eigenvalue weighted by atomic mass is 35.5. The molecular weight excluding hydrogens is 444 g/mol. The van der Waals surface area contributed by atoms with Crippen molar-refractivity contribution >= 4 is 23.3 Å². The third-order valence-electron chi connectivity index (χ3n) is 7.58. The first-order chi connectivity index (χ1) is 15.4. The lowest BCUT2D eigenvalue weighted by Crippen LogP contribution is -2.70. The van der Waals surface area contributed by atoms with Crippen LogP contribution in [0.4, 0.5) is 8.78 Å². The normalized spacial score (nSPS) is 42.0. The Balaban J connectivity index is 1.36. The lowest BCUT2D eigenvalue weighted by atomic mass is 9.71. The fraction of sp³-hybridized carbons (Fsp3) is 0.818. The second-order valence-electron chi connectivity index (χ2n) is 9.47. The van der Waals surface area contributed by atoms with Crippen LogP contribution in [0.25, 0.3) is 0 Å². The van der Waals surface area contributed by atoms with Gasteiger partial charge >= 0.3 is 0 Å². The molecule has 8 atom stereocenters. The zero-order chi connectivity index (χ0) is 22.4. The molecular formula is C22H30ClF2N3O4. The first-order valence-electron chi connectivity index (χ1n) is 11.6. The van der Waals surface area contributed by atoms with Crippen LogP contribution in [-0.2, 0) is 19.1 Å². The van der Waals surface area contributed by atoms with Crippen molar-refractivity contribution in [3.05, 3.63) is 11.8 Å². The van der Waals surface area contributed by atoms with Crippen LogP contribution in [0, 0.1) is 5.92 Å². The van der Waals surface area contributed by atoms with Crippen molar-refractivity contribution in [3.63, 3.8) is 0 Å². The number of nitrogens with one attached hydrogen (secondary N) is 1. The van der Waals surface area contributed by atoms with E-state index in [1.807, 2.05) is 4.90 Å². The van der Waals surface area contributed by atoms with Crippen molar-refractivity contribution < 1.29 is 27.8 Å². The third kappa shape index (κ3) is 4.06. The molecule has 2 saturated heterocycles. The van der Waals surface area contributed by atoms with Gasteiger partial charge in [-0.15, -0.1) is 11.6 Å². The lowest BCUT2D eigenvalue weighted by Gasteiger charge is -2.58. The average Bonchev–Trinajstić information content (AvgIpc) is 2.79. The van der Waals surface area contributed by atoms with Crippen molar-refractivity contribution in [1.82, 2.24) is 15.1 Å². The molecule has 0 bridgehead atoms. The number of carbonyl (C=O) groups is 2. The lowest BCUT2D eigenvalue weighted by molar-refractivity contribution is -0.209. The number of nitrogens with zero attached hydrogens (tertiary/aromatic N) is 2. The minimum Gasteiger partial charge on any atom is -0.379 e. The molecule has 1 amide bonds. The van der Waals surface area contributed by atoms with Crippen LogP contribution in [0.15, 0.2) is 11.8 Å². The Kier molecular flexibility index (Phi) is 6.44. The molecule has 0 aromatic heterocycles. The first-order valence-corrected chi connectivity index (χ1v) is 12.1. The molecule has 0 radical (unpaired) electrons. The van der Waals surface area contributed by atoms with Crippen LogP contribution >= 0.6 is 11.6 Å². The zero-order valence-electron chi connectivity index (χ0n) is 17.9. The quantitative estimate of drug-likeness (QED) is 0.488. The Morgan fingerprint density at radius 2 is 2.00 bits per heavy atom. The predicted octanol–water partition coefficient (Wildman–Crippen LogP) is 1.20. The summed E-state index contributed by atoms with van der Waals surface area (Å²) in [5.74, 6) is -1.68. The molecule has 178 valence electrons. The number of ketones is 1. The highest BCUT2D eigenvalue weighted by Crippen LogP contribution is 2.46. The van der Waals surface area contributed by atoms with E-state index in [1.165, 1.54) is 0 Å². The predicted molar refractivity (Wildman–Crippen MR) is 113 cm³/mol. The highest BCUT2D eigenvalue weighted by molar-refractivity contribution is 6.21. The Labute approximate surface area is 191 Å². The SMILES string of the molecule is O=C(NCCN1CCOCC1)C1=CN2C3CC(Cl)CCC3OC3C(F)C(F)CC(C1=O)C32. The Morgan fingerprint density at radius 1 is 1.22 bits per heavy atom. The van der Waals surface area contributed by atoms with Crippen molar-refractivity contribution in [2.45, 2.75) is 67.7 Å². The molecule has 2 saturated carbocycles. The first kappa shape index (κ1) is 22.5. The van der Waals surface area contributed by atoms with Gasteiger partial charge in [0.2, 0.25) is 0 Å². The minimum absolute atomic E-state index is 0.0221. The Hall–Kier alpha value is -1.29. The molecule has 5 aliphatic rings. The standard InChI is InChI=1S/C22H30ClF2N3O4/c23-12-1-2-17-16(9-12)28-11-14(22(30)26-3-4-27-5-7-31-8-6-27)20(29)13-10-15(24)18(25)21(32-17)19(13)28/h11-13,15-19,21H,1-10H2,(H,26,30). The molecule has 32 heavy (non-hydrogen) atoms. The maximum Gasteiger partial charge on any atom is 0.256 e. The maximum atomic E-state index is 14.8. The molecule has 5 rings (SSSR count). The molecule has 8 unspecified atom stereocenters. The van der Waals surface area contributed by atoms with Crippen LogP contribution in [0.5, 0.6) is 0 Å². The third-order valence-corrected chi connectivity index (χ3v) is 7.98. The maximum absolute atomic E-state index is 14.8. The van der Waals surface area contributed by atoms with E-state index in [0.717, 1.165) is 19.5 Å². The van der Waals surface area contributed by atoms with Gasteiger partial charge in [-0.05, 0) is 25.7 Å². The van der Waals surface area contributed by atoms with E-state index >= 15 is 0 Å². The number of carbonyl (C=O) groups excluding carboxylic acids is 2. The van der Waals surface area contributed by atoms with E-state index in [-0.39, 0.29) is 29.5 Å². The number of hydrogen-bond acceptors (Lipinski definition) is 6. The van der Waals surface area contributed by atoms with Gasteiger partial charge in [-0.2, -0.15) is 0 Å². The fourth-order valence-electron chi connectivity index (χ4n) is 5.91. The average molecular weight is 474 g/mol. The highest BCUT2D eigenvalue weighted by Gasteiger charge is 2.59. The summed E-state index contributed by atoms with van der Waals surface area (Å²) in [5.41, 5.74) is 0.0221. The topological polar surface area (TPSA) is 71.1 Å². The molecule has 4 fully saturated rings. The van der Waals surface area contributed by atoms with Crippen LogP contribution in [0.1, 0.15) is 25.7 Å². The summed E-state index contributed by atoms with van der Waals surface area (Å²) in [6.07, 6.45) is -1.51. The van der Waals surface area contributed by atoms with E-state index in [2.05, 4.69) is 10.2 Å². The second-order valence-corrected chi connectivity index (χ2v) is 10.1. The van der Waals surface area contributed by atoms with Gasteiger partial charge < -0.3 is 19.7 Å². The van der Waals surface area contributed by atoms with Crippen molar-refractivity contribution in [2.24, 2.45) is 5.92 Å². The molecule has 3 heterocycles. The molecule has 0 aromatic carbocycles. The molecule has 0 aromatic rings. The summed E-state index contributed by atoms with van der Waals surface area (Å²) >= 11 is 6.41. The van der Waals surface area contributed by atoms with Gasteiger partial charge in [-0.1, -0.05) is 0 Å². The van der Waals surface area contributed by atoms with Gasteiger partial charge in [0.05, 0.1) is 37.0 Å². The van der Waals surface area contributed by atoms with Gasteiger partial charge in [0.1, 0.15) is 12.3 Å². The van der Waals surface area contributed by atoms with E-state index < -0.39 is 42.1 Å². The molecule has 2 aliphatic carbocycles. The number of alkyl halides is 3. The summed E-state index contributed by atoms with van der Waals surface area (Å²) in [6, 6.07) is -0.750. The Morgan fingerprint density at radius 3 is 2.78 bits per heavy atom. The molecule has 1 N–H and O–H groups in total. The number of fused-ring (bicyclic) bond motifs is 2. The van der Waals surface area contributed by atoms with Gasteiger partial charge in [0, 0.05) is 43.7 Å². The molecule has 10 heteroatoms. The number of Topliss-reactive ketones (excluding diaryl/α,β-unsaturated/α-hetero) is 1. The minimum atomic E-state index is -1.78. The van der Waals surface area contributed by atoms with Gasteiger partial charge in [0.15, 0.2) is 12.0 Å². The van der Waals surface area contributed by atoms with E-state index in [1.54, 1.807) is 6.20 Å². The summed E-state index contributed by atoms with van der Waals surface area (Å²) in [5, 5.41) is 2.79. The van der Waals surface area contributed by atoms with Crippen LogP contribution in [-0.4, -0.2) is 103 Å². The van der Waals surface area contributed by atoms with Crippen molar-refractivity contribution in [3.8, 4) is 0 Å². The molecule has 0 spiro atoms. The Bertz CT molecular complexity index is 780. The van der Waals surface area contributed by atoms with Crippen molar-refractivity contribution in [1.29, 1.82) is 0 Å². The van der Waals surface area contributed by atoms with E-state index in [4.69, 9.17) is 21.1 Å². The smallest absolute Gasteiger partial charge is 0.256 e. The van der Waals surface area contributed by atoms with E-state index in [0.29, 0.717) is 39.1 Å². The number of ether oxygens (including phenoxy) is 2. The molecule has 7 nitrogen and oxygen atoms in total. The van der Waals surface area contributed by atoms with Crippen molar-refractivity contribution in [2.75, 3.05) is 39.4 Å². The number of rotatable bonds is 4. The van der Waals surface area contributed by atoms with E-state index in [9.17, 15) is 18.4 Å². The number of amides is 1. The summed E-state index contributed by atoms with van der Waals surface area (Å²) in [4.78, 5) is 30.3. The van der Waals surface area contributed by atoms with Gasteiger partial charge in [0.25, 0.3) is 5.91 Å². The summed E-state index contributed by atoms with van der Waals surface area (Å²) in [6.45, 7) is 4.02. The van der Waals surface area contributed by atoms with Gasteiger partial charge in [-0.3, -0.25) is 14.5 Å². The number of halogens is 3. The monoisotopic (exact) mass is 473 g/mol. The van der Waals surface area contributed by atoms with Gasteiger partial charge in [-0.25, -0.2) is 8.78 Å². The number of morpholine rings is 2. The second kappa shape index (κ2) is 9.16. The largest absolute Gasteiger partial charge is 0.379 e. The fourth-order valence-corrected chi connectivity index (χ4v) is 6.22. The number of hydrogen-bond donors (Lipinski definition) is 1. The summed E-state index contributed by atoms with van der Waals surface area (Å²) in [7, 11) is 0. The van der Waals surface area contributed by atoms with Crippen LogP contribution < -0.4 is 5.32 Å².